The summed E-state index contributed by atoms with van der Waals surface area (Å²) in [5, 5.41) is 0.740. The third-order valence-electron chi connectivity index (χ3n) is 5.14. The largest absolute Gasteiger partial charge is 0.492 e. The molecule has 4 rings (SSSR count). The topological polar surface area (TPSA) is 38.4 Å². The molecule has 6 heteroatoms. The van der Waals surface area contributed by atoms with Crippen LogP contribution in [-0.2, 0) is 11.3 Å². The molecular weight excluding hydrogens is 374 g/mol. The van der Waals surface area contributed by atoms with Crippen LogP contribution in [0.4, 0.5) is 5.69 Å². The molecule has 144 valence electrons. The van der Waals surface area contributed by atoms with Crippen LogP contribution in [0.15, 0.2) is 55.0 Å². The number of nitrogens with zero attached hydrogens (tertiary/aromatic N) is 3. The number of benzene rings is 2. The minimum absolute atomic E-state index is 0.174. The summed E-state index contributed by atoms with van der Waals surface area (Å²) in [6.07, 6.45) is 5.66. The number of amides is 1. The highest BCUT2D eigenvalue weighted by atomic mass is 35.5. The predicted octanol–water partition coefficient (Wildman–Crippen LogP) is 3.91. The summed E-state index contributed by atoms with van der Waals surface area (Å²) in [5.41, 5.74) is 4.15. The van der Waals surface area contributed by atoms with Gasteiger partial charge in [-0.05, 0) is 36.2 Å². The Morgan fingerprint density at radius 1 is 1.18 bits per heavy atom. The first-order valence-electron chi connectivity index (χ1n) is 9.36. The zero-order valence-electron chi connectivity index (χ0n) is 16.1. The molecule has 3 aromatic rings. The fourth-order valence-electron chi connectivity index (χ4n) is 3.60. The number of aromatic nitrogens is 2. The number of anilines is 1. The van der Waals surface area contributed by atoms with Gasteiger partial charge in [-0.3, -0.25) is 4.79 Å². The van der Waals surface area contributed by atoms with Crippen molar-refractivity contribution < 1.29 is 14.1 Å². The summed E-state index contributed by atoms with van der Waals surface area (Å²) >= 11 is 5.98. The van der Waals surface area contributed by atoms with E-state index in [1.54, 1.807) is 7.11 Å². The average Bonchev–Trinajstić information content (AvgIpc) is 3.29. The van der Waals surface area contributed by atoms with Gasteiger partial charge in [0, 0.05) is 36.7 Å². The van der Waals surface area contributed by atoms with E-state index in [1.165, 1.54) is 5.56 Å². The summed E-state index contributed by atoms with van der Waals surface area (Å²) in [5.74, 6) is 0.915. The maximum absolute atomic E-state index is 12.0. The van der Waals surface area contributed by atoms with Crippen molar-refractivity contribution in [3.63, 3.8) is 0 Å². The molecule has 0 N–H and O–H groups in total. The Labute approximate surface area is 169 Å². The fraction of sp³-hybridized carbons (Fsp3) is 0.273. The number of ether oxygens (including phenoxy) is 1. The molecular formula is C22H23ClN3O2+. The van der Waals surface area contributed by atoms with Crippen molar-refractivity contribution in [2.45, 2.75) is 26.3 Å². The number of aryl methyl sites for hydroxylation is 1. The summed E-state index contributed by atoms with van der Waals surface area (Å²) in [7, 11) is 1.66. The van der Waals surface area contributed by atoms with Crippen LogP contribution in [0.3, 0.4) is 0 Å². The molecule has 1 fully saturated rings. The van der Waals surface area contributed by atoms with Crippen LogP contribution < -0.4 is 14.2 Å². The summed E-state index contributed by atoms with van der Waals surface area (Å²) in [6.45, 7) is 3.61. The molecule has 5 nitrogen and oxygen atoms in total. The lowest BCUT2D eigenvalue weighted by molar-refractivity contribution is -0.595. The number of rotatable bonds is 5. The van der Waals surface area contributed by atoms with Crippen molar-refractivity contribution >= 4 is 23.2 Å². The van der Waals surface area contributed by atoms with E-state index < -0.39 is 0 Å². The third kappa shape index (κ3) is 3.62. The van der Waals surface area contributed by atoms with Gasteiger partial charge in [-0.2, -0.15) is 4.57 Å². The SMILES string of the molecule is COc1cc(N2CCCC2=O)ccc1-[n+]1cc(C)n(Cc2ccc(Cl)cc2)c1. The van der Waals surface area contributed by atoms with Crippen LogP contribution in [0.2, 0.25) is 5.02 Å². The van der Waals surface area contributed by atoms with Crippen LogP contribution in [-0.4, -0.2) is 24.1 Å². The first-order valence-corrected chi connectivity index (χ1v) is 9.74. The average molecular weight is 397 g/mol. The number of hydrogen-bond acceptors (Lipinski definition) is 2. The van der Waals surface area contributed by atoms with Crippen LogP contribution >= 0.6 is 11.6 Å². The monoisotopic (exact) mass is 396 g/mol. The van der Waals surface area contributed by atoms with Crippen LogP contribution in [0.5, 0.6) is 5.75 Å². The number of carbonyl (C=O) groups excluding carboxylic acids is 1. The highest BCUT2D eigenvalue weighted by molar-refractivity contribution is 6.30. The molecule has 1 aliphatic rings. The normalized spacial score (nSPS) is 14.0. The highest BCUT2D eigenvalue weighted by Crippen LogP contribution is 2.28. The van der Waals surface area contributed by atoms with Gasteiger partial charge in [0.15, 0.2) is 11.4 Å². The van der Waals surface area contributed by atoms with Gasteiger partial charge in [0.05, 0.1) is 7.11 Å². The van der Waals surface area contributed by atoms with Gasteiger partial charge >= 0.3 is 0 Å². The van der Waals surface area contributed by atoms with Crippen molar-refractivity contribution in [3.05, 3.63) is 71.3 Å². The Morgan fingerprint density at radius 2 is 1.96 bits per heavy atom. The molecule has 1 saturated heterocycles. The molecule has 0 bridgehead atoms. The highest BCUT2D eigenvalue weighted by Gasteiger charge is 2.24. The van der Waals surface area contributed by atoms with Gasteiger partial charge in [-0.25, -0.2) is 4.57 Å². The quantitative estimate of drug-likeness (QED) is 0.613. The second kappa shape index (κ2) is 7.68. The predicted molar refractivity (Wildman–Crippen MR) is 109 cm³/mol. The maximum atomic E-state index is 12.0. The van der Waals surface area contributed by atoms with E-state index in [9.17, 15) is 4.79 Å². The number of methoxy groups -OCH3 is 1. The lowest BCUT2D eigenvalue weighted by Crippen LogP contribution is -2.29. The van der Waals surface area contributed by atoms with E-state index in [1.807, 2.05) is 47.4 Å². The van der Waals surface area contributed by atoms with Crippen molar-refractivity contribution in [2.75, 3.05) is 18.6 Å². The molecule has 0 aliphatic carbocycles. The Hall–Kier alpha value is -2.79. The van der Waals surface area contributed by atoms with Gasteiger partial charge in [0.2, 0.25) is 12.2 Å². The van der Waals surface area contributed by atoms with Gasteiger partial charge in [0.25, 0.3) is 0 Å². The van der Waals surface area contributed by atoms with Gasteiger partial charge in [-0.1, -0.05) is 23.7 Å². The van der Waals surface area contributed by atoms with E-state index in [2.05, 4.69) is 28.6 Å². The third-order valence-corrected chi connectivity index (χ3v) is 5.39. The standard InChI is InChI=1S/C22H23ClN3O2/c1-16-13-25(15-24(16)14-17-5-7-18(23)8-6-17)20-10-9-19(12-21(20)28-2)26-11-3-4-22(26)27/h5-10,12-13,15H,3-4,11,14H2,1-2H3/q+1. The molecule has 0 spiro atoms. The molecule has 1 aliphatic heterocycles. The molecule has 1 amide bonds. The molecule has 1 aromatic heterocycles. The van der Waals surface area contributed by atoms with E-state index >= 15 is 0 Å². The van der Waals surface area contributed by atoms with E-state index in [4.69, 9.17) is 16.3 Å². The number of halogens is 1. The number of imidazole rings is 1. The first kappa shape index (κ1) is 18.6. The fourth-order valence-corrected chi connectivity index (χ4v) is 3.73. The zero-order valence-corrected chi connectivity index (χ0v) is 16.8. The summed E-state index contributed by atoms with van der Waals surface area (Å²) in [6, 6.07) is 13.8. The minimum Gasteiger partial charge on any atom is -0.492 e. The number of carbonyl (C=O) groups is 1. The van der Waals surface area contributed by atoms with Crippen LogP contribution in [0, 0.1) is 6.92 Å². The summed E-state index contributed by atoms with van der Waals surface area (Å²) in [4.78, 5) is 13.9. The zero-order chi connectivity index (χ0) is 19.7. The summed E-state index contributed by atoms with van der Waals surface area (Å²) < 4.78 is 9.87. The molecule has 0 saturated carbocycles. The Morgan fingerprint density at radius 3 is 2.64 bits per heavy atom. The van der Waals surface area contributed by atoms with Gasteiger partial charge in [-0.15, -0.1) is 0 Å². The van der Waals surface area contributed by atoms with Crippen molar-refractivity contribution in [1.82, 2.24) is 4.57 Å². The number of hydrogen-bond donors (Lipinski definition) is 0. The van der Waals surface area contributed by atoms with E-state index in [0.717, 1.165) is 47.4 Å². The van der Waals surface area contributed by atoms with Crippen LogP contribution in [0.1, 0.15) is 24.1 Å². The molecule has 0 atom stereocenters. The van der Waals surface area contributed by atoms with Crippen molar-refractivity contribution in [2.24, 2.45) is 0 Å². The minimum atomic E-state index is 0.174. The Bertz CT molecular complexity index is 1010. The van der Waals surface area contributed by atoms with Crippen molar-refractivity contribution in [3.8, 4) is 11.4 Å². The molecule has 0 radical (unpaired) electrons. The molecule has 2 aromatic carbocycles. The lowest BCUT2D eigenvalue weighted by atomic mass is 10.2. The lowest BCUT2D eigenvalue weighted by Gasteiger charge is -2.17. The molecule has 0 unspecified atom stereocenters. The van der Waals surface area contributed by atoms with E-state index in [0.29, 0.717) is 6.42 Å². The first-order chi connectivity index (χ1) is 13.5. The van der Waals surface area contributed by atoms with E-state index in [-0.39, 0.29) is 5.91 Å². The second-order valence-corrected chi connectivity index (χ2v) is 7.49. The van der Waals surface area contributed by atoms with Gasteiger partial charge < -0.3 is 9.64 Å². The van der Waals surface area contributed by atoms with Crippen molar-refractivity contribution in [1.29, 1.82) is 0 Å². The second-order valence-electron chi connectivity index (χ2n) is 7.05. The molecule has 28 heavy (non-hydrogen) atoms. The maximum Gasteiger partial charge on any atom is 0.249 e. The Kier molecular flexibility index (Phi) is 5.09. The smallest absolute Gasteiger partial charge is 0.249 e. The molecule has 2 heterocycles. The van der Waals surface area contributed by atoms with Gasteiger partial charge in [0.1, 0.15) is 18.4 Å². The van der Waals surface area contributed by atoms with Crippen LogP contribution in [0.25, 0.3) is 5.69 Å². The Balaban J connectivity index is 1.63.